The van der Waals surface area contributed by atoms with Crippen LogP contribution in [0.1, 0.15) is 41.0 Å². The molecule has 0 unspecified atom stereocenters. The first-order valence-corrected chi connectivity index (χ1v) is 10.6. The van der Waals surface area contributed by atoms with Gasteiger partial charge in [0, 0.05) is 22.5 Å². The van der Waals surface area contributed by atoms with Gasteiger partial charge in [0.1, 0.15) is 11.6 Å². The lowest BCUT2D eigenvalue weighted by atomic mass is 10.1. The molecule has 5 nitrogen and oxygen atoms in total. The highest BCUT2D eigenvalue weighted by Crippen LogP contribution is 2.21. The van der Waals surface area contributed by atoms with Crippen molar-refractivity contribution in [2.45, 2.75) is 20.3 Å². The van der Waals surface area contributed by atoms with Crippen LogP contribution in [0.4, 0.5) is 15.8 Å². The molecule has 166 valence electrons. The van der Waals surface area contributed by atoms with E-state index in [-0.39, 0.29) is 10.9 Å². The number of nitrogens with one attached hydrogen (secondary N) is 2. The molecule has 32 heavy (non-hydrogen) atoms. The Morgan fingerprint density at radius 3 is 2.19 bits per heavy atom. The quantitative estimate of drug-likeness (QED) is 0.413. The maximum atomic E-state index is 13.3. The number of amides is 2. The number of ether oxygens (including phenoxy) is 1. The third-order valence-corrected chi connectivity index (χ3v) is 4.91. The number of rotatable bonds is 8. The van der Waals surface area contributed by atoms with Crippen molar-refractivity contribution in [1.29, 1.82) is 0 Å². The van der Waals surface area contributed by atoms with E-state index in [1.54, 1.807) is 42.5 Å². The summed E-state index contributed by atoms with van der Waals surface area (Å²) in [5.74, 6) is -0.134. The van der Waals surface area contributed by atoms with Crippen molar-refractivity contribution in [2.75, 3.05) is 17.2 Å². The minimum atomic E-state index is -0.566. The third kappa shape index (κ3) is 6.56. The lowest BCUT2D eigenvalue weighted by Gasteiger charge is -2.11. The van der Waals surface area contributed by atoms with Crippen molar-refractivity contribution >= 4 is 34.8 Å². The van der Waals surface area contributed by atoms with E-state index in [0.29, 0.717) is 40.8 Å². The molecule has 0 bridgehead atoms. The smallest absolute Gasteiger partial charge is 0.255 e. The van der Waals surface area contributed by atoms with Gasteiger partial charge < -0.3 is 15.4 Å². The summed E-state index contributed by atoms with van der Waals surface area (Å²) < 4.78 is 19.0. The van der Waals surface area contributed by atoms with E-state index < -0.39 is 11.7 Å². The number of halogens is 2. The minimum absolute atomic E-state index is 0.0840. The number of anilines is 2. The molecule has 0 aromatic heterocycles. The van der Waals surface area contributed by atoms with Gasteiger partial charge in [-0.05, 0) is 66.9 Å². The second-order valence-electron chi connectivity index (χ2n) is 7.68. The van der Waals surface area contributed by atoms with E-state index in [2.05, 4.69) is 24.5 Å². The topological polar surface area (TPSA) is 67.4 Å². The molecule has 0 heterocycles. The monoisotopic (exact) mass is 454 g/mol. The fraction of sp³-hybridized carbons (Fsp3) is 0.200. The largest absolute Gasteiger partial charge is 0.494 e. The van der Waals surface area contributed by atoms with Gasteiger partial charge in [0.25, 0.3) is 11.8 Å². The third-order valence-electron chi connectivity index (χ3n) is 4.62. The van der Waals surface area contributed by atoms with Gasteiger partial charge in [-0.1, -0.05) is 37.6 Å². The number of benzene rings is 3. The highest BCUT2D eigenvalue weighted by atomic mass is 35.5. The molecule has 3 aromatic rings. The Bertz CT molecular complexity index is 1120. The summed E-state index contributed by atoms with van der Waals surface area (Å²) in [5.41, 5.74) is 1.60. The summed E-state index contributed by atoms with van der Waals surface area (Å²) in [6.07, 6.45) is 0.926. The van der Waals surface area contributed by atoms with Gasteiger partial charge in [-0.3, -0.25) is 9.59 Å². The molecule has 2 N–H and O–H groups in total. The Labute approximate surface area is 191 Å². The molecule has 3 rings (SSSR count). The molecule has 0 saturated carbocycles. The van der Waals surface area contributed by atoms with E-state index in [1.165, 1.54) is 18.2 Å². The molecule has 0 aliphatic heterocycles. The molecule has 3 aromatic carbocycles. The second kappa shape index (κ2) is 10.8. The van der Waals surface area contributed by atoms with E-state index >= 15 is 0 Å². The first kappa shape index (κ1) is 23.3. The zero-order valence-electron chi connectivity index (χ0n) is 17.8. The predicted octanol–water partition coefficient (Wildman–Crippen LogP) is 6.41. The van der Waals surface area contributed by atoms with Gasteiger partial charge in [-0.15, -0.1) is 0 Å². The number of carbonyl (C=O) groups is 2. The number of carbonyl (C=O) groups excluding carboxylic acids is 2. The highest BCUT2D eigenvalue weighted by Gasteiger charge is 2.11. The van der Waals surface area contributed by atoms with Crippen LogP contribution in [0.5, 0.6) is 5.75 Å². The van der Waals surface area contributed by atoms with Crippen LogP contribution in [0.15, 0.2) is 66.7 Å². The van der Waals surface area contributed by atoms with Gasteiger partial charge in [-0.25, -0.2) is 4.39 Å². The van der Waals surface area contributed by atoms with E-state index in [1.807, 2.05) is 6.07 Å². The Morgan fingerprint density at radius 1 is 0.906 bits per heavy atom. The molecular weight excluding hydrogens is 431 g/mol. The molecule has 7 heteroatoms. The zero-order chi connectivity index (χ0) is 23.1. The van der Waals surface area contributed by atoms with Crippen molar-refractivity contribution < 1.29 is 18.7 Å². The zero-order valence-corrected chi connectivity index (χ0v) is 18.6. The van der Waals surface area contributed by atoms with Crippen LogP contribution < -0.4 is 15.4 Å². The van der Waals surface area contributed by atoms with Crippen molar-refractivity contribution in [3.8, 4) is 5.75 Å². The summed E-state index contributed by atoms with van der Waals surface area (Å²) >= 11 is 5.75. The van der Waals surface area contributed by atoms with Crippen LogP contribution in [0.25, 0.3) is 0 Å². The fourth-order valence-corrected chi connectivity index (χ4v) is 3.04. The molecule has 2 amide bonds. The first-order chi connectivity index (χ1) is 15.3. The first-order valence-electron chi connectivity index (χ1n) is 10.2. The summed E-state index contributed by atoms with van der Waals surface area (Å²) in [6, 6.07) is 17.4. The predicted molar refractivity (Wildman–Crippen MR) is 125 cm³/mol. The van der Waals surface area contributed by atoms with Crippen LogP contribution in [-0.2, 0) is 0 Å². The molecule has 0 radical (unpaired) electrons. The SMILES string of the molecule is CC(C)CCOc1cccc(C(=O)Nc2cccc(C(=O)Nc3ccc(F)c(Cl)c3)c2)c1. The van der Waals surface area contributed by atoms with Gasteiger partial charge in [-0.2, -0.15) is 0 Å². The summed E-state index contributed by atoms with van der Waals surface area (Å²) in [6.45, 7) is 4.83. The lowest BCUT2D eigenvalue weighted by Crippen LogP contribution is -2.15. The maximum Gasteiger partial charge on any atom is 0.255 e. The molecule has 0 fully saturated rings. The summed E-state index contributed by atoms with van der Waals surface area (Å²) in [7, 11) is 0. The number of hydrogen-bond acceptors (Lipinski definition) is 3. The van der Waals surface area contributed by atoms with Gasteiger partial charge in [0.05, 0.1) is 11.6 Å². The Hall–Kier alpha value is -3.38. The molecule has 0 aliphatic rings. The minimum Gasteiger partial charge on any atom is -0.494 e. The lowest BCUT2D eigenvalue weighted by molar-refractivity contribution is 0.101. The molecule has 0 atom stereocenters. The molecular formula is C25H24ClFN2O3. The maximum absolute atomic E-state index is 13.3. The van der Waals surface area contributed by atoms with Gasteiger partial charge in [0.2, 0.25) is 0 Å². The van der Waals surface area contributed by atoms with Crippen LogP contribution in [0.2, 0.25) is 5.02 Å². The normalized spacial score (nSPS) is 10.7. The highest BCUT2D eigenvalue weighted by molar-refractivity contribution is 6.31. The standard InChI is InChI=1S/C25H24ClFN2O3/c1-16(2)11-12-32-21-8-4-6-18(14-21)25(31)28-19-7-3-5-17(13-19)24(30)29-20-9-10-23(27)22(26)15-20/h3-10,13-16H,11-12H2,1-2H3,(H,28,31)(H,29,30). The molecule has 0 aliphatic carbocycles. The summed E-state index contributed by atoms with van der Waals surface area (Å²) in [5, 5.41) is 5.36. The van der Waals surface area contributed by atoms with E-state index in [9.17, 15) is 14.0 Å². The van der Waals surface area contributed by atoms with Gasteiger partial charge in [0.15, 0.2) is 0 Å². The van der Waals surface area contributed by atoms with E-state index in [4.69, 9.17) is 16.3 Å². The summed E-state index contributed by atoms with van der Waals surface area (Å²) in [4.78, 5) is 25.2. The van der Waals surface area contributed by atoms with E-state index in [0.717, 1.165) is 6.42 Å². The van der Waals surface area contributed by atoms with Crippen LogP contribution in [-0.4, -0.2) is 18.4 Å². The van der Waals surface area contributed by atoms with Crippen LogP contribution in [0.3, 0.4) is 0 Å². The Kier molecular flexibility index (Phi) is 7.84. The van der Waals surface area contributed by atoms with Gasteiger partial charge >= 0.3 is 0 Å². The number of hydrogen-bond donors (Lipinski definition) is 2. The van der Waals surface area contributed by atoms with Crippen molar-refractivity contribution in [1.82, 2.24) is 0 Å². The van der Waals surface area contributed by atoms with Crippen molar-refractivity contribution in [2.24, 2.45) is 5.92 Å². The fourth-order valence-electron chi connectivity index (χ4n) is 2.86. The van der Waals surface area contributed by atoms with Crippen molar-refractivity contribution in [3.05, 3.63) is 88.7 Å². The average Bonchev–Trinajstić information content (AvgIpc) is 2.76. The molecule has 0 saturated heterocycles. The molecule has 0 spiro atoms. The second-order valence-corrected chi connectivity index (χ2v) is 8.08. The van der Waals surface area contributed by atoms with Crippen molar-refractivity contribution in [3.63, 3.8) is 0 Å². The Morgan fingerprint density at radius 2 is 1.53 bits per heavy atom. The Balaban J connectivity index is 1.65. The van der Waals surface area contributed by atoms with Crippen LogP contribution in [0, 0.1) is 11.7 Å². The average molecular weight is 455 g/mol. The van der Waals surface area contributed by atoms with Crippen LogP contribution >= 0.6 is 11.6 Å².